The van der Waals surface area contributed by atoms with E-state index in [1.807, 2.05) is 30.3 Å². The number of amides is 1. The number of anilines is 1. The third-order valence-corrected chi connectivity index (χ3v) is 4.04. The maximum Gasteiger partial charge on any atom is 0.224 e. The minimum atomic E-state index is 0.0457. The molecule has 2 aromatic rings. The quantitative estimate of drug-likeness (QED) is 0.759. The molecule has 0 unspecified atom stereocenters. The number of benzene rings is 1. The van der Waals surface area contributed by atoms with Gasteiger partial charge in [0.1, 0.15) is 0 Å². The molecule has 0 saturated carbocycles. The molecule has 1 aromatic carbocycles. The van der Waals surface area contributed by atoms with Crippen molar-refractivity contribution in [2.24, 2.45) is 0 Å². The summed E-state index contributed by atoms with van der Waals surface area (Å²) in [6, 6.07) is 14.1. The summed E-state index contributed by atoms with van der Waals surface area (Å²) in [5, 5.41) is 12.5. The Hall–Kier alpha value is -1.65. The van der Waals surface area contributed by atoms with Crippen LogP contribution in [0.1, 0.15) is 25.7 Å². The van der Waals surface area contributed by atoms with E-state index in [1.165, 1.54) is 5.56 Å². The molecule has 0 aliphatic heterocycles. The first-order chi connectivity index (χ1) is 9.79. The SMILES string of the molecule is O=C(CCCCCO)Nc1ccc(-c2ccccc2)s1. The van der Waals surface area contributed by atoms with Gasteiger partial charge < -0.3 is 10.4 Å². The molecular formula is C16H19NO2S. The monoisotopic (exact) mass is 289 g/mol. The summed E-state index contributed by atoms with van der Waals surface area (Å²) in [7, 11) is 0. The van der Waals surface area contributed by atoms with E-state index in [2.05, 4.69) is 17.4 Å². The van der Waals surface area contributed by atoms with Crippen LogP contribution in [-0.2, 0) is 4.79 Å². The van der Waals surface area contributed by atoms with E-state index in [0.717, 1.165) is 29.1 Å². The van der Waals surface area contributed by atoms with Crippen LogP contribution in [0.15, 0.2) is 42.5 Å². The average molecular weight is 289 g/mol. The molecule has 0 spiro atoms. The van der Waals surface area contributed by atoms with Crippen LogP contribution < -0.4 is 5.32 Å². The third-order valence-electron chi connectivity index (χ3n) is 2.99. The minimum Gasteiger partial charge on any atom is -0.396 e. The molecule has 2 N–H and O–H groups in total. The second-order valence-corrected chi connectivity index (χ2v) is 5.70. The highest BCUT2D eigenvalue weighted by Gasteiger charge is 2.06. The summed E-state index contributed by atoms with van der Waals surface area (Å²) >= 11 is 1.59. The van der Waals surface area contributed by atoms with Gasteiger partial charge in [-0.05, 0) is 30.5 Å². The Morgan fingerprint density at radius 2 is 1.85 bits per heavy atom. The minimum absolute atomic E-state index is 0.0457. The Kier molecular flexibility index (Phi) is 5.77. The van der Waals surface area contributed by atoms with Gasteiger partial charge in [-0.25, -0.2) is 0 Å². The number of unbranched alkanes of at least 4 members (excludes halogenated alkanes) is 2. The van der Waals surface area contributed by atoms with Gasteiger partial charge in [0.2, 0.25) is 5.91 Å². The predicted molar refractivity (Wildman–Crippen MR) is 83.9 cm³/mol. The standard InChI is InChI=1S/C16H19NO2S/c18-12-6-2-5-9-15(19)17-16-11-10-14(20-16)13-7-3-1-4-8-13/h1,3-4,7-8,10-11,18H,2,5-6,9,12H2,(H,17,19). The lowest BCUT2D eigenvalue weighted by Gasteiger charge is -2.02. The molecule has 0 aliphatic rings. The zero-order chi connectivity index (χ0) is 14.2. The molecule has 0 atom stereocenters. The van der Waals surface area contributed by atoms with Crippen LogP contribution in [0.5, 0.6) is 0 Å². The number of nitrogens with one attached hydrogen (secondary N) is 1. The summed E-state index contributed by atoms with van der Waals surface area (Å²) in [5.74, 6) is 0.0457. The number of aliphatic hydroxyl groups is 1. The maximum absolute atomic E-state index is 11.8. The third kappa shape index (κ3) is 4.47. The molecule has 0 radical (unpaired) electrons. The number of rotatable bonds is 7. The van der Waals surface area contributed by atoms with E-state index in [1.54, 1.807) is 11.3 Å². The summed E-state index contributed by atoms with van der Waals surface area (Å²) in [5.41, 5.74) is 1.17. The Morgan fingerprint density at radius 3 is 2.60 bits per heavy atom. The molecule has 1 aromatic heterocycles. The van der Waals surface area contributed by atoms with Gasteiger partial charge in [0.05, 0.1) is 5.00 Å². The first-order valence-corrected chi connectivity index (χ1v) is 7.67. The number of aliphatic hydroxyl groups excluding tert-OH is 1. The molecule has 2 rings (SSSR count). The summed E-state index contributed by atoms with van der Waals surface area (Å²) < 4.78 is 0. The second kappa shape index (κ2) is 7.82. The first kappa shape index (κ1) is 14.8. The molecule has 106 valence electrons. The summed E-state index contributed by atoms with van der Waals surface area (Å²) in [4.78, 5) is 12.9. The van der Waals surface area contributed by atoms with Crippen molar-refractivity contribution in [1.29, 1.82) is 0 Å². The van der Waals surface area contributed by atoms with Crippen LogP contribution in [0, 0.1) is 0 Å². The van der Waals surface area contributed by atoms with E-state index in [-0.39, 0.29) is 12.5 Å². The normalized spacial score (nSPS) is 10.4. The van der Waals surface area contributed by atoms with Gasteiger partial charge in [0, 0.05) is 17.9 Å². The molecular weight excluding hydrogens is 270 g/mol. The molecule has 3 nitrogen and oxygen atoms in total. The number of carbonyl (C=O) groups excluding carboxylic acids is 1. The molecule has 4 heteroatoms. The number of thiophene rings is 1. The van der Waals surface area contributed by atoms with E-state index < -0.39 is 0 Å². The zero-order valence-corrected chi connectivity index (χ0v) is 12.2. The average Bonchev–Trinajstić information content (AvgIpc) is 2.93. The van der Waals surface area contributed by atoms with Crippen LogP contribution >= 0.6 is 11.3 Å². The number of hydrogen-bond donors (Lipinski definition) is 2. The van der Waals surface area contributed by atoms with Crippen LogP contribution in [0.25, 0.3) is 10.4 Å². The molecule has 1 amide bonds. The van der Waals surface area contributed by atoms with Gasteiger partial charge in [0.15, 0.2) is 0 Å². The number of hydrogen-bond acceptors (Lipinski definition) is 3. The van der Waals surface area contributed by atoms with Crippen molar-refractivity contribution in [2.45, 2.75) is 25.7 Å². The van der Waals surface area contributed by atoms with Crippen molar-refractivity contribution in [2.75, 3.05) is 11.9 Å². The highest BCUT2D eigenvalue weighted by Crippen LogP contribution is 2.31. The van der Waals surface area contributed by atoms with Gasteiger partial charge in [0.25, 0.3) is 0 Å². The lowest BCUT2D eigenvalue weighted by molar-refractivity contribution is -0.116. The van der Waals surface area contributed by atoms with Gasteiger partial charge in [-0.3, -0.25) is 4.79 Å². The van der Waals surface area contributed by atoms with Crippen LogP contribution in [0.2, 0.25) is 0 Å². The summed E-state index contributed by atoms with van der Waals surface area (Å²) in [6.45, 7) is 0.201. The fraction of sp³-hybridized carbons (Fsp3) is 0.312. The van der Waals surface area contributed by atoms with Crippen LogP contribution in [0.3, 0.4) is 0 Å². The Labute approximate surface area is 123 Å². The Balaban J connectivity index is 1.85. The van der Waals surface area contributed by atoms with Crippen LogP contribution in [-0.4, -0.2) is 17.6 Å². The van der Waals surface area contributed by atoms with Crippen molar-refractivity contribution in [1.82, 2.24) is 0 Å². The zero-order valence-electron chi connectivity index (χ0n) is 11.3. The van der Waals surface area contributed by atoms with Gasteiger partial charge >= 0.3 is 0 Å². The van der Waals surface area contributed by atoms with E-state index >= 15 is 0 Å². The van der Waals surface area contributed by atoms with Crippen LogP contribution in [0.4, 0.5) is 5.00 Å². The number of carbonyl (C=O) groups is 1. The Morgan fingerprint density at radius 1 is 1.05 bits per heavy atom. The van der Waals surface area contributed by atoms with Crippen molar-refractivity contribution in [3.8, 4) is 10.4 Å². The molecule has 20 heavy (non-hydrogen) atoms. The van der Waals surface area contributed by atoms with E-state index in [9.17, 15) is 4.79 Å². The molecule has 0 fully saturated rings. The molecule has 0 bridgehead atoms. The first-order valence-electron chi connectivity index (χ1n) is 6.85. The second-order valence-electron chi connectivity index (χ2n) is 4.61. The fourth-order valence-electron chi connectivity index (χ4n) is 1.94. The highest BCUT2D eigenvalue weighted by atomic mass is 32.1. The smallest absolute Gasteiger partial charge is 0.224 e. The predicted octanol–water partition coefficient (Wildman–Crippen LogP) is 3.91. The molecule has 0 saturated heterocycles. The van der Waals surface area contributed by atoms with Crippen molar-refractivity contribution >= 4 is 22.2 Å². The van der Waals surface area contributed by atoms with Crippen molar-refractivity contribution in [3.05, 3.63) is 42.5 Å². The topological polar surface area (TPSA) is 49.3 Å². The summed E-state index contributed by atoms with van der Waals surface area (Å²) in [6.07, 6.45) is 3.00. The highest BCUT2D eigenvalue weighted by molar-refractivity contribution is 7.19. The lowest BCUT2D eigenvalue weighted by Crippen LogP contribution is -2.09. The molecule has 1 heterocycles. The van der Waals surface area contributed by atoms with Crippen molar-refractivity contribution in [3.63, 3.8) is 0 Å². The lowest BCUT2D eigenvalue weighted by atomic mass is 10.2. The Bertz CT molecular complexity index is 536. The molecule has 0 aliphatic carbocycles. The van der Waals surface area contributed by atoms with Crippen molar-refractivity contribution < 1.29 is 9.90 Å². The van der Waals surface area contributed by atoms with Gasteiger partial charge in [-0.1, -0.05) is 36.8 Å². The van der Waals surface area contributed by atoms with Gasteiger partial charge in [-0.2, -0.15) is 0 Å². The largest absolute Gasteiger partial charge is 0.396 e. The van der Waals surface area contributed by atoms with Gasteiger partial charge in [-0.15, -0.1) is 11.3 Å². The maximum atomic E-state index is 11.8. The fourth-order valence-corrected chi connectivity index (χ4v) is 2.86. The van der Waals surface area contributed by atoms with E-state index in [4.69, 9.17) is 5.11 Å². The van der Waals surface area contributed by atoms with E-state index in [0.29, 0.717) is 6.42 Å².